The van der Waals surface area contributed by atoms with Gasteiger partial charge in [-0.1, -0.05) is 0 Å². The Hall–Kier alpha value is -1.16. The van der Waals surface area contributed by atoms with Gasteiger partial charge < -0.3 is 5.11 Å². The quantitative estimate of drug-likeness (QED) is 0.427. The van der Waals surface area contributed by atoms with Crippen LogP contribution in [-0.2, 0) is 0 Å². The molecule has 0 aromatic carbocycles. The molecule has 8 unspecified atom stereocenters. The molecule has 8 atom stereocenters. The fourth-order valence-electron chi connectivity index (χ4n) is 1.75. The van der Waals surface area contributed by atoms with Crippen molar-refractivity contribution in [2.24, 2.45) is 0 Å². The monoisotopic (exact) mass is 474 g/mol. The van der Waals surface area contributed by atoms with Crippen LogP contribution >= 0.6 is 0 Å². The number of hydrogen-bond donors (Lipinski definition) is 1. The zero-order valence-corrected chi connectivity index (χ0v) is 13.2. The molecule has 176 valence electrons. The highest BCUT2D eigenvalue weighted by atomic mass is 19.4. The first-order valence-electron chi connectivity index (χ1n) is 7.00. The molecular weight excluding hydrogens is 464 g/mol. The molecule has 1 nitrogen and oxygen atoms in total. The van der Waals surface area contributed by atoms with Crippen LogP contribution in [0.2, 0.25) is 0 Å². The van der Waals surface area contributed by atoms with Gasteiger partial charge >= 0.3 is 18.0 Å². The molecule has 1 N–H and O–H groups in total. The van der Waals surface area contributed by atoms with E-state index in [9.17, 15) is 70.2 Å². The van der Waals surface area contributed by atoms with Crippen LogP contribution in [-0.4, -0.2) is 78.9 Å². The molecule has 0 amide bonds. The minimum atomic E-state index is -7.10. The summed E-state index contributed by atoms with van der Waals surface area (Å²) in [5.74, 6) is -14.0. The Kier molecular flexibility index (Phi) is 8.95. The predicted molar refractivity (Wildman–Crippen MR) is 62.2 cm³/mol. The number of rotatable bonds is 11. The fraction of sp³-hybridized carbons (Fsp3) is 1.00. The Morgan fingerprint density at radius 1 is 0.448 bits per heavy atom. The van der Waals surface area contributed by atoms with Crippen molar-refractivity contribution in [2.75, 3.05) is 0 Å². The lowest BCUT2D eigenvalue weighted by Gasteiger charge is -2.34. The van der Waals surface area contributed by atoms with E-state index < -0.39 is 73.8 Å². The predicted octanol–water partition coefficient (Wildman–Crippen LogP) is 4.81. The average molecular weight is 474 g/mol. The van der Waals surface area contributed by atoms with Crippen LogP contribution in [0.15, 0.2) is 0 Å². The van der Waals surface area contributed by atoms with Gasteiger partial charge in [0.1, 0.15) is 0 Å². The molecule has 0 aliphatic heterocycles. The lowest BCUT2D eigenvalue weighted by molar-refractivity contribution is -0.395. The lowest BCUT2D eigenvalue weighted by Crippen LogP contribution is -2.62. The van der Waals surface area contributed by atoms with Crippen molar-refractivity contribution in [2.45, 2.75) is 73.8 Å². The summed E-state index contributed by atoms with van der Waals surface area (Å²) in [7, 11) is 0. The van der Waals surface area contributed by atoms with Crippen LogP contribution in [0.3, 0.4) is 0 Å². The van der Waals surface area contributed by atoms with Gasteiger partial charge in [0.05, 0.1) is 0 Å². The zero-order chi connectivity index (χ0) is 23.7. The van der Waals surface area contributed by atoms with Gasteiger partial charge in [-0.25, -0.2) is 43.9 Å². The normalized spacial score (nSPS) is 22.6. The van der Waals surface area contributed by atoms with E-state index in [4.69, 9.17) is 5.11 Å². The molecule has 0 rings (SSSR count). The SMILES string of the molecule is OC(F)(F)C(F)(F)C(F)(F)C(F)C(F)C(F)C(F)C(F)C(F)C(F)C(F)C(F)F. The molecule has 0 heterocycles. The van der Waals surface area contributed by atoms with E-state index in [0.717, 1.165) is 0 Å². The Balaban J connectivity index is 5.47. The van der Waals surface area contributed by atoms with Gasteiger partial charge in [-0.2, -0.15) is 26.3 Å². The maximum Gasteiger partial charge on any atom is 0.423 e. The van der Waals surface area contributed by atoms with E-state index in [1.165, 1.54) is 0 Å². The van der Waals surface area contributed by atoms with E-state index in [0.29, 0.717) is 0 Å². The number of hydrogen-bond acceptors (Lipinski definition) is 1. The van der Waals surface area contributed by atoms with Gasteiger partial charge in [0.25, 0.3) is 6.43 Å². The Morgan fingerprint density at radius 2 is 0.724 bits per heavy atom. The van der Waals surface area contributed by atoms with Crippen molar-refractivity contribution in [1.29, 1.82) is 0 Å². The van der Waals surface area contributed by atoms with E-state index in [-0.39, 0.29) is 0 Å². The molecule has 0 fully saturated rings. The first-order valence-corrected chi connectivity index (χ1v) is 7.00. The van der Waals surface area contributed by atoms with Crippen LogP contribution < -0.4 is 0 Å². The Bertz CT molecular complexity index is 509. The van der Waals surface area contributed by atoms with Crippen molar-refractivity contribution < 1.29 is 75.4 Å². The zero-order valence-electron chi connectivity index (χ0n) is 13.2. The summed E-state index contributed by atoms with van der Waals surface area (Å²) in [6.07, 6.45) is -47.7. The third kappa shape index (κ3) is 5.51. The van der Waals surface area contributed by atoms with Crippen molar-refractivity contribution in [3.8, 4) is 0 Å². The molecule has 0 aromatic rings. The number of aliphatic hydroxyl groups is 1. The topological polar surface area (TPSA) is 20.2 Å². The molecule has 17 heteroatoms. The average Bonchev–Trinajstić information content (AvgIpc) is 2.61. The van der Waals surface area contributed by atoms with Crippen molar-refractivity contribution >= 4 is 0 Å². The van der Waals surface area contributed by atoms with E-state index in [2.05, 4.69) is 0 Å². The van der Waals surface area contributed by atoms with E-state index >= 15 is 0 Å². The molecule has 0 bridgehead atoms. The van der Waals surface area contributed by atoms with Gasteiger partial charge in [0.15, 0.2) is 43.2 Å². The summed E-state index contributed by atoms with van der Waals surface area (Å²) in [5, 5.41) is 7.61. The molecular formula is C12H10F16O. The molecule has 0 aromatic heterocycles. The van der Waals surface area contributed by atoms with Crippen molar-refractivity contribution in [1.82, 2.24) is 0 Å². The number of halogens is 16. The van der Waals surface area contributed by atoms with Gasteiger partial charge in [0, 0.05) is 0 Å². The summed E-state index contributed by atoms with van der Waals surface area (Å²) < 4.78 is 204. The van der Waals surface area contributed by atoms with Crippen molar-refractivity contribution in [3.63, 3.8) is 0 Å². The molecule has 29 heavy (non-hydrogen) atoms. The van der Waals surface area contributed by atoms with Crippen LogP contribution in [0.4, 0.5) is 70.2 Å². The van der Waals surface area contributed by atoms with Gasteiger partial charge in [-0.15, -0.1) is 0 Å². The van der Waals surface area contributed by atoms with Crippen LogP contribution in [0, 0.1) is 0 Å². The fourth-order valence-corrected chi connectivity index (χ4v) is 1.75. The second-order valence-corrected chi connectivity index (χ2v) is 5.59. The summed E-state index contributed by atoms with van der Waals surface area (Å²) >= 11 is 0. The second kappa shape index (κ2) is 9.32. The highest BCUT2D eigenvalue weighted by molar-refractivity contribution is 5.02. The van der Waals surface area contributed by atoms with Gasteiger partial charge in [0.2, 0.25) is 6.17 Å². The van der Waals surface area contributed by atoms with Crippen molar-refractivity contribution in [3.05, 3.63) is 0 Å². The summed E-state index contributed by atoms with van der Waals surface area (Å²) in [6, 6.07) is 0. The first kappa shape index (κ1) is 27.8. The van der Waals surface area contributed by atoms with Gasteiger partial charge in [-0.3, -0.25) is 0 Å². The van der Waals surface area contributed by atoms with Crippen LogP contribution in [0.1, 0.15) is 0 Å². The van der Waals surface area contributed by atoms with Gasteiger partial charge in [-0.05, 0) is 0 Å². The number of alkyl halides is 16. The summed E-state index contributed by atoms with van der Waals surface area (Å²) in [4.78, 5) is 0. The molecule has 0 radical (unpaired) electrons. The molecule has 0 spiro atoms. The maximum absolute atomic E-state index is 13.3. The minimum Gasteiger partial charge on any atom is -0.331 e. The largest absolute Gasteiger partial charge is 0.423 e. The van der Waals surface area contributed by atoms with Crippen LogP contribution in [0.5, 0.6) is 0 Å². The highest BCUT2D eigenvalue weighted by Gasteiger charge is 2.76. The Labute approximate surface area is 150 Å². The third-order valence-electron chi connectivity index (χ3n) is 3.49. The first-order chi connectivity index (χ1) is 12.7. The smallest absolute Gasteiger partial charge is 0.331 e. The highest BCUT2D eigenvalue weighted by Crippen LogP contribution is 2.48. The molecule has 0 saturated heterocycles. The van der Waals surface area contributed by atoms with E-state index in [1.807, 2.05) is 0 Å². The minimum absolute atomic E-state index is 4.11. The maximum atomic E-state index is 13.3. The third-order valence-corrected chi connectivity index (χ3v) is 3.49. The standard InChI is InChI=1S/C12H10F16O/c13-1(3(15)5(17)7(19)9(21)22)2(14)4(16)6(18)8(20)10(23,24)11(25,26)12(27,28)29/h1-9,29H. The molecule has 0 aliphatic rings. The summed E-state index contributed by atoms with van der Waals surface area (Å²) in [6.45, 7) is 0. The lowest BCUT2D eigenvalue weighted by atomic mass is 9.94. The second-order valence-electron chi connectivity index (χ2n) is 5.59. The summed E-state index contributed by atoms with van der Waals surface area (Å²) in [5.41, 5.74) is 0. The van der Waals surface area contributed by atoms with E-state index in [1.54, 1.807) is 0 Å². The molecule has 0 saturated carbocycles. The molecule has 0 aliphatic carbocycles. The Morgan fingerprint density at radius 3 is 1.00 bits per heavy atom. The van der Waals surface area contributed by atoms with Crippen LogP contribution in [0.25, 0.3) is 0 Å².